The van der Waals surface area contributed by atoms with E-state index in [1.165, 1.54) is 10.5 Å². The molecule has 0 spiro atoms. The number of nitrogens with zero attached hydrogens (tertiary/aromatic N) is 1. The van der Waals surface area contributed by atoms with Gasteiger partial charge in [-0.2, -0.15) is 0 Å². The standard InChI is InChI=1S/C6H14N3.CF3.2CH3.3ClH.Ti/c1-2-8-5-6-9-4-3-7-1;2-1(3)4;;;;;;/h7-8H,1-6H2;;2*1H3;3*1H;/q-1;;;;;;;+1. The fourth-order valence-corrected chi connectivity index (χ4v) is 4.36. The fraction of sp³-hybridized carbons (Fsp3) is 1.00. The number of alkyl halides is 3. The molecule has 10 heteroatoms. The normalized spacial score (nSPS) is 18.8. The fourth-order valence-electron chi connectivity index (χ4n) is 1.70. The molecule has 0 saturated carbocycles. The van der Waals surface area contributed by atoms with E-state index in [9.17, 15) is 13.2 Å². The number of nitrogens with one attached hydrogen (secondary N) is 2. The van der Waals surface area contributed by atoms with Crippen LogP contribution < -0.4 is 10.6 Å². The van der Waals surface area contributed by atoms with Crippen LogP contribution in [0, 0.1) is 0 Å². The zero-order valence-electron chi connectivity index (χ0n) is 11.0. The summed E-state index contributed by atoms with van der Waals surface area (Å²) < 4.78 is 36.5. The Labute approximate surface area is 135 Å². The Morgan fingerprint density at radius 3 is 1.53 bits per heavy atom. The van der Waals surface area contributed by atoms with Gasteiger partial charge < -0.3 is 0 Å². The first-order valence-electron chi connectivity index (χ1n) is 5.59. The van der Waals surface area contributed by atoms with Crippen LogP contribution in [0.3, 0.4) is 0 Å². The van der Waals surface area contributed by atoms with Crippen LogP contribution in [0.15, 0.2) is 0 Å². The molecule has 1 aliphatic rings. The first kappa shape index (κ1) is 25.2. The molecule has 120 valence electrons. The molecule has 0 aromatic heterocycles. The van der Waals surface area contributed by atoms with Crippen molar-refractivity contribution >= 4 is 37.2 Å². The van der Waals surface area contributed by atoms with E-state index in [0.29, 0.717) is 26.2 Å². The van der Waals surface area contributed by atoms with Crippen molar-refractivity contribution in [1.82, 2.24) is 14.0 Å². The van der Waals surface area contributed by atoms with Crippen LogP contribution in [0.4, 0.5) is 13.2 Å². The third-order valence-corrected chi connectivity index (χ3v) is 8.41. The molecule has 19 heavy (non-hydrogen) atoms. The van der Waals surface area contributed by atoms with Crippen molar-refractivity contribution in [2.24, 2.45) is 0 Å². The minimum absolute atomic E-state index is 0. The van der Waals surface area contributed by atoms with E-state index < -0.39 is 21.3 Å². The van der Waals surface area contributed by atoms with Gasteiger partial charge in [0, 0.05) is 0 Å². The third-order valence-electron chi connectivity index (χ3n) is 3.08. The van der Waals surface area contributed by atoms with Crippen LogP contribution in [0.1, 0.15) is 0 Å². The van der Waals surface area contributed by atoms with Gasteiger partial charge in [0.1, 0.15) is 0 Å². The van der Waals surface area contributed by atoms with Crippen molar-refractivity contribution in [2.45, 2.75) is 14.9 Å². The molecule has 1 rings (SSSR count). The summed E-state index contributed by atoms with van der Waals surface area (Å²) in [5.74, 6) is 0. The zero-order valence-corrected chi connectivity index (χ0v) is 15.1. The van der Waals surface area contributed by atoms with Gasteiger partial charge in [0.25, 0.3) is 0 Å². The minimum atomic E-state index is -4.01. The molecule has 0 aliphatic carbocycles. The van der Waals surface area contributed by atoms with Gasteiger partial charge in [-0.3, -0.25) is 0 Å². The molecular formula is C9H23Cl3F3N3Ti. The number of halogens is 6. The van der Waals surface area contributed by atoms with Gasteiger partial charge in [-0.05, 0) is 0 Å². The van der Waals surface area contributed by atoms with Crippen molar-refractivity contribution in [1.29, 1.82) is 0 Å². The van der Waals surface area contributed by atoms with E-state index >= 15 is 0 Å². The Kier molecular flexibility index (Phi) is 14.5. The summed E-state index contributed by atoms with van der Waals surface area (Å²) in [5, 5.41) is 9.14. The molecule has 1 saturated heterocycles. The van der Waals surface area contributed by atoms with Crippen molar-refractivity contribution in [3.05, 3.63) is 0 Å². The third kappa shape index (κ3) is 7.72. The summed E-state index contributed by atoms with van der Waals surface area (Å²) in [7, 11) is 0. The molecule has 1 heterocycles. The van der Waals surface area contributed by atoms with Crippen LogP contribution in [0.25, 0.3) is 0 Å². The van der Waals surface area contributed by atoms with Crippen LogP contribution >= 0.6 is 37.2 Å². The van der Waals surface area contributed by atoms with Gasteiger partial charge in [-0.15, -0.1) is 37.2 Å². The van der Waals surface area contributed by atoms with Crippen LogP contribution in [0.5, 0.6) is 0 Å². The Morgan fingerprint density at radius 2 is 1.21 bits per heavy atom. The van der Waals surface area contributed by atoms with Gasteiger partial charge in [0.2, 0.25) is 0 Å². The summed E-state index contributed by atoms with van der Waals surface area (Å²) in [6, 6.07) is 0. The van der Waals surface area contributed by atoms with Crippen LogP contribution in [-0.2, 0) is 16.8 Å². The maximum atomic E-state index is 13.0. The average molecular weight is 385 g/mol. The topological polar surface area (TPSA) is 27.3 Å². The second-order valence-electron chi connectivity index (χ2n) is 4.54. The predicted molar refractivity (Wildman–Crippen MR) is 76.8 cm³/mol. The molecule has 1 aliphatic heterocycles. The van der Waals surface area contributed by atoms with Crippen LogP contribution in [-0.4, -0.2) is 47.1 Å². The molecule has 3 nitrogen and oxygen atoms in total. The quantitative estimate of drug-likeness (QED) is 0.680. The average Bonchev–Trinajstić information content (AvgIpc) is 2.28. The summed E-state index contributed by atoms with van der Waals surface area (Å²) >= 11 is -3.88. The first-order valence-corrected chi connectivity index (χ1v) is 10.2. The van der Waals surface area contributed by atoms with E-state index in [0.717, 1.165) is 13.1 Å². The molecule has 0 amide bonds. The molecule has 0 unspecified atom stereocenters. The van der Waals surface area contributed by atoms with Gasteiger partial charge in [-0.1, -0.05) is 0 Å². The summed E-state index contributed by atoms with van der Waals surface area (Å²) in [4.78, 5) is 0. The summed E-state index contributed by atoms with van der Waals surface area (Å²) in [5.41, 5.74) is 0. The summed E-state index contributed by atoms with van der Waals surface area (Å²) in [6.07, 6.45) is 0. The van der Waals surface area contributed by atoms with E-state index in [4.69, 9.17) is 0 Å². The van der Waals surface area contributed by atoms with E-state index in [-0.39, 0.29) is 37.2 Å². The van der Waals surface area contributed by atoms with E-state index in [1.807, 2.05) is 0 Å². The van der Waals surface area contributed by atoms with Crippen molar-refractivity contribution in [3.8, 4) is 0 Å². The molecule has 0 radical (unpaired) electrons. The molecule has 0 aromatic carbocycles. The monoisotopic (exact) mass is 383 g/mol. The van der Waals surface area contributed by atoms with Gasteiger partial charge in [-0.25, -0.2) is 0 Å². The Bertz CT molecular complexity index is 222. The summed E-state index contributed by atoms with van der Waals surface area (Å²) in [6.45, 7) is 3.96. The first-order chi connectivity index (χ1) is 7.36. The SMILES string of the molecule is Cl.Cl.Cl.[CH3][Ti]([CH3])([N]1CCNCCNCC1)[C](F)(F)F. The number of hydrogen-bond acceptors (Lipinski definition) is 3. The second-order valence-corrected chi connectivity index (χ2v) is 11.3. The number of hydrogen-bond donors (Lipinski definition) is 2. The maximum absolute atomic E-state index is 13.0. The van der Waals surface area contributed by atoms with Crippen molar-refractivity contribution in [2.75, 3.05) is 39.3 Å². The second kappa shape index (κ2) is 10.9. The molecular weight excluding hydrogens is 361 g/mol. The Balaban J connectivity index is -0.000000853. The molecule has 1 fully saturated rings. The Morgan fingerprint density at radius 1 is 0.842 bits per heavy atom. The van der Waals surface area contributed by atoms with Gasteiger partial charge in [0.05, 0.1) is 0 Å². The molecule has 2 N–H and O–H groups in total. The van der Waals surface area contributed by atoms with E-state index in [1.54, 1.807) is 3.38 Å². The van der Waals surface area contributed by atoms with E-state index in [2.05, 4.69) is 10.6 Å². The molecule has 0 bridgehead atoms. The van der Waals surface area contributed by atoms with Gasteiger partial charge >= 0.3 is 98.2 Å². The Hall–Kier alpha value is 1.25. The molecule has 0 atom stereocenters. The van der Waals surface area contributed by atoms with Gasteiger partial charge in [0.15, 0.2) is 0 Å². The van der Waals surface area contributed by atoms with Crippen LogP contribution in [0.2, 0.25) is 10.5 Å². The molecule has 0 aromatic rings. The zero-order chi connectivity index (χ0) is 12.2. The van der Waals surface area contributed by atoms with Crippen molar-refractivity contribution < 1.29 is 30.0 Å². The number of rotatable bonds is 1. The van der Waals surface area contributed by atoms with Crippen molar-refractivity contribution in [3.63, 3.8) is 0 Å². The predicted octanol–water partition coefficient (Wildman–Crippen LogP) is 2.43.